The van der Waals surface area contributed by atoms with Gasteiger partial charge in [0.15, 0.2) is 36.3 Å². The minimum Gasteiger partial charge on any atom is -0.407 e. The Morgan fingerprint density at radius 3 is 2.77 bits per heavy atom. The second-order valence-corrected chi connectivity index (χ2v) is 16.9. The van der Waals surface area contributed by atoms with Crippen LogP contribution in [0.25, 0.3) is 11.2 Å². The van der Waals surface area contributed by atoms with Crippen LogP contribution in [0.2, 0.25) is 18.1 Å². The first-order valence-electron chi connectivity index (χ1n) is 9.40. The first kappa shape index (κ1) is 22.6. The van der Waals surface area contributed by atoms with Gasteiger partial charge in [-0.15, -0.1) is 0 Å². The summed E-state index contributed by atoms with van der Waals surface area (Å²) in [5, 5.41) is -0.0771. The molecule has 0 aromatic carbocycles. The number of hydrogen-bond acceptors (Lipinski definition) is 9. The molecule has 2 saturated heterocycles. The molecule has 10 nitrogen and oxygen atoms in total. The van der Waals surface area contributed by atoms with Gasteiger partial charge in [0, 0.05) is 11.2 Å². The van der Waals surface area contributed by atoms with Crippen LogP contribution < -0.4 is 5.73 Å². The van der Waals surface area contributed by atoms with E-state index in [2.05, 4.69) is 64.7 Å². The van der Waals surface area contributed by atoms with Crippen molar-refractivity contribution in [3.63, 3.8) is 0 Å². The van der Waals surface area contributed by atoms with Crippen LogP contribution >= 0.6 is 34.1 Å². The predicted octanol–water partition coefficient (Wildman–Crippen LogP) is 4.22. The number of fused-ring (bicyclic) bond motifs is 2. The second-order valence-electron chi connectivity index (χ2n) is 8.89. The van der Waals surface area contributed by atoms with Gasteiger partial charge >= 0.3 is 6.95 Å². The summed E-state index contributed by atoms with van der Waals surface area (Å²) in [4.78, 5) is 12.8. The Kier molecular flexibility index (Phi) is 5.63. The van der Waals surface area contributed by atoms with Gasteiger partial charge in [-0.3, -0.25) is 13.6 Å². The quantitative estimate of drug-likeness (QED) is 0.346. The number of ether oxygens (including phenoxy) is 1. The molecule has 0 amide bonds. The van der Waals surface area contributed by atoms with E-state index in [1.807, 2.05) is 0 Å². The standard InChI is InChI=1S/C16H24BrClN5O5PSi/c1-16(2,3)30(4,5)28-11-10-8(6-25-29(18,24)27-10)26-14(11)23-13-9(22-15(23)17)12(19)20-7-21-13/h7-8,10-11,14H,6H2,1-5H3,(H2,19,20,21)/t8?,10-,11+,14?,29?/m1/s1. The van der Waals surface area contributed by atoms with Crippen molar-refractivity contribution in [1.82, 2.24) is 19.5 Å². The van der Waals surface area contributed by atoms with Crippen LogP contribution in [0.1, 0.15) is 27.0 Å². The molecule has 3 unspecified atom stereocenters. The fourth-order valence-corrected chi connectivity index (χ4v) is 6.49. The smallest absolute Gasteiger partial charge is 0.407 e. The molecule has 14 heteroatoms. The summed E-state index contributed by atoms with van der Waals surface area (Å²) in [6.45, 7) is 6.95. The monoisotopic (exact) mass is 539 g/mol. The van der Waals surface area contributed by atoms with Crippen LogP contribution in [0.4, 0.5) is 5.82 Å². The first-order chi connectivity index (χ1) is 13.8. The van der Waals surface area contributed by atoms with Crippen LogP contribution in [-0.2, 0) is 22.8 Å². The maximum absolute atomic E-state index is 12.4. The van der Waals surface area contributed by atoms with Crippen LogP contribution in [0, 0.1) is 0 Å². The Bertz CT molecular complexity index is 1030. The van der Waals surface area contributed by atoms with Crippen molar-refractivity contribution < 1.29 is 22.8 Å². The molecule has 2 fully saturated rings. The summed E-state index contributed by atoms with van der Waals surface area (Å²) in [6.07, 6.45) is -1.13. The number of nitrogens with two attached hydrogens (primary N) is 1. The van der Waals surface area contributed by atoms with E-state index in [0.717, 1.165) is 0 Å². The van der Waals surface area contributed by atoms with Crippen molar-refractivity contribution in [3.8, 4) is 0 Å². The Balaban J connectivity index is 1.81. The number of nitrogen functional groups attached to an aromatic ring is 1. The molecule has 2 aromatic heterocycles. The zero-order chi connectivity index (χ0) is 22.1. The number of imidazole rings is 1. The van der Waals surface area contributed by atoms with Crippen molar-refractivity contribution in [2.24, 2.45) is 0 Å². The highest BCUT2D eigenvalue weighted by Gasteiger charge is 2.56. The summed E-state index contributed by atoms with van der Waals surface area (Å²) in [5.41, 5.74) is 6.89. The molecule has 4 rings (SSSR count). The van der Waals surface area contributed by atoms with Gasteiger partial charge in [-0.25, -0.2) is 19.5 Å². The van der Waals surface area contributed by atoms with Crippen molar-refractivity contribution in [2.45, 2.75) is 63.4 Å². The van der Waals surface area contributed by atoms with Crippen molar-refractivity contribution in [3.05, 3.63) is 11.1 Å². The lowest BCUT2D eigenvalue weighted by Crippen LogP contribution is -2.50. The van der Waals surface area contributed by atoms with E-state index in [0.29, 0.717) is 15.9 Å². The highest BCUT2D eigenvalue weighted by molar-refractivity contribution is 9.10. The van der Waals surface area contributed by atoms with Gasteiger partial charge in [-0.2, -0.15) is 0 Å². The molecule has 0 radical (unpaired) electrons. The first-order valence-corrected chi connectivity index (χ1v) is 15.6. The summed E-state index contributed by atoms with van der Waals surface area (Å²) >= 11 is 9.40. The number of hydrogen-bond donors (Lipinski definition) is 1. The minimum absolute atomic E-state index is 0.0285. The molecular formula is C16H24BrClN5O5PSi. The highest BCUT2D eigenvalue weighted by Crippen LogP contribution is 2.60. The van der Waals surface area contributed by atoms with E-state index < -0.39 is 39.8 Å². The zero-order valence-electron chi connectivity index (χ0n) is 17.2. The molecular weight excluding hydrogens is 517 g/mol. The lowest BCUT2D eigenvalue weighted by Gasteiger charge is -2.41. The second kappa shape index (κ2) is 7.48. The van der Waals surface area contributed by atoms with Gasteiger partial charge < -0.3 is 14.9 Å². The summed E-state index contributed by atoms with van der Waals surface area (Å²) in [6, 6.07) is 0. The Labute approximate surface area is 188 Å². The third-order valence-corrected chi connectivity index (χ3v) is 12.4. The minimum atomic E-state index is -3.73. The van der Waals surface area contributed by atoms with E-state index in [1.54, 1.807) is 4.57 Å². The Hall–Kier alpha value is -0.593. The topological polar surface area (TPSA) is 124 Å². The highest BCUT2D eigenvalue weighted by atomic mass is 79.9. The van der Waals surface area contributed by atoms with E-state index in [4.69, 9.17) is 35.2 Å². The number of anilines is 1. The SMILES string of the molecule is CC(C)(C)[Si](C)(C)O[C@@H]1C(n2c(Br)nc3c(N)ncnc32)OC2COP(=O)(Cl)O[C@H]21. The lowest BCUT2D eigenvalue weighted by molar-refractivity contribution is -0.0567. The van der Waals surface area contributed by atoms with Gasteiger partial charge in [0.2, 0.25) is 0 Å². The number of halogens is 2. The molecule has 30 heavy (non-hydrogen) atoms. The van der Waals surface area contributed by atoms with Crippen molar-refractivity contribution >= 4 is 59.4 Å². The maximum atomic E-state index is 12.4. The molecule has 0 bridgehead atoms. The summed E-state index contributed by atoms with van der Waals surface area (Å²) in [5.74, 6) is 0.251. The average molecular weight is 541 g/mol. The Morgan fingerprint density at radius 1 is 1.40 bits per heavy atom. The van der Waals surface area contributed by atoms with E-state index in [1.165, 1.54) is 6.33 Å². The van der Waals surface area contributed by atoms with E-state index in [9.17, 15) is 4.57 Å². The molecule has 2 aromatic rings. The molecule has 2 N–H and O–H groups in total. The van der Waals surface area contributed by atoms with Crippen molar-refractivity contribution in [1.29, 1.82) is 0 Å². The molecule has 0 aliphatic carbocycles. The zero-order valence-corrected chi connectivity index (χ0v) is 21.4. The van der Waals surface area contributed by atoms with E-state index >= 15 is 0 Å². The number of nitrogens with zero attached hydrogens (tertiary/aromatic N) is 4. The molecule has 2 aliphatic heterocycles. The molecule has 166 valence electrons. The molecule has 0 spiro atoms. The number of rotatable bonds is 3. The largest absolute Gasteiger partial charge is 0.424 e. The van der Waals surface area contributed by atoms with Crippen LogP contribution in [0.15, 0.2) is 11.1 Å². The van der Waals surface area contributed by atoms with Gasteiger partial charge in [0.1, 0.15) is 24.6 Å². The maximum Gasteiger partial charge on any atom is 0.424 e. The third-order valence-electron chi connectivity index (χ3n) is 5.88. The van der Waals surface area contributed by atoms with Crippen molar-refractivity contribution in [2.75, 3.05) is 12.3 Å². The van der Waals surface area contributed by atoms with Gasteiger partial charge in [0.25, 0.3) is 0 Å². The lowest BCUT2D eigenvalue weighted by atomic mass is 10.1. The van der Waals surface area contributed by atoms with Gasteiger partial charge in [-0.05, 0) is 34.1 Å². The fourth-order valence-electron chi connectivity index (χ4n) is 3.28. The van der Waals surface area contributed by atoms with E-state index in [-0.39, 0.29) is 17.5 Å². The fraction of sp³-hybridized carbons (Fsp3) is 0.688. The van der Waals surface area contributed by atoms with Gasteiger partial charge in [0.05, 0.1) is 6.61 Å². The predicted molar refractivity (Wildman–Crippen MR) is 118 cm³/mol. The number of aromatic nitrogens is 4. The molecule has 5 atom stereocenters. The molecule has 4 heterocycles. The van der Waals surface area contributed by atoms with Gasteiger partial charge in [-0.1, -0.05) is 20.8 Å². The summed E-state index contributed by atoms with van der Waals surface area (Å²) in [7, 11) is -2.28. The van der Waals surface area contributed by atoms with Crippen LogP contribution in [0.3, 0.4) is 0 Å². The van der Waals surface area contributed by atoms with Crippen LogP contribution in [0.5, 0.6) is 0 Å². The molecule has 0 saturated carbocycles. The normalized spacial score (nSPS) is 32.5. The molecule has 2 aliphatic rings. The van der Waals surface area contributed by atoms with Crippen LogP contribution in [-0.4, -0.2) is 52.8 Å². The summed E-state index contributed by atoms with van der Waals surface area (Å²) < 4.78 is 38.3. The third kappa shape index (κ3) is 3.86. The Morgan fingerprint density at radius 2 is 2.10 bits per heavy atom. The average Bonchev–Trinajstić information content (AvgIpc) is 3.11.